The first kappa shape index (κ1) is 11.0. The van der Waals surface area contributed by atoms with Gasteiger partial charge >= 0.3 is 8.60 Å². The summed E-state index contributed by atoms with van der Waals surface area (Å²) in [5.41, 5.74) is 0.0391. The van der Waals surface area contributed by atoms with Crippen LogP contribution in [0.4, 0.5) is 0 Å². The van der Waals surface area contributed by atoms with Crippen molar-refractivity contribution in [1.29, 1.82) is 0 Å². The Morgan fingerprint density at radius 1 is 1.46 bits per heavy atom. The molecule has 1 rings (SSSR count). The number of rotatable bonds is 2. The molecule has 0 aromatic heterocycles. The van der Waals surface area contributed by atoms with E-state index in [1.54, 1.807) is 6.26 Å². The van der Waals surface area contributed by atoms with Crippen LogP contribution in [0.15, 0.2) is 12.3 Å². The average molecular weight is 204 g/mol. The summed E-state index contributed by atoms with van der Waals surface area (Å²) in [6.07, 6.45) is 3.82. The van der Waals surface area contributed by atoms with E-state index in [4.69, 9.17) is 13.6 Å². The van der Waals surface area contributed by atoms with Crippen molar-refractivity contribution in [2.24, 2.45) is 5.41 Å². The van der Waals surface area contributed by atoms with Gasteiger partial charge in [0.05, 0.1) is 19.0 Å². The Labute approximate surface area is 81.1 Å². The van der Waals surface area contributed by atoms with Gasteiger partial charge in [0.15, 0.2) is 0 Å². The Hall–Kier alpha value is -0.110. The molecule has 1 aliphatic heterocycles. The Bertz CT molecular complexity index is 189. The number of hydrogen-bond acceptors (Lipinski definition) is 3. The van der Waals surface area contributed by atoms with Crippen molar-refractivity contribution in [2.45, 2.75) is 33.8 Å². The van der Waals surface area contributed by atoms with E-state index in [-0.39, 0.29) is 11.5 Å². The van der Waals surface area contributed by atoms with Gasteiger partial charge in [-0.1, -0.05) is 13.8 Å². The molecule has 0 bridgehead atoms. The Morgan fingerprint density at radius 2 is 2.15 bits per heavy atom. The molecule has 0 saturated carbocycles. The molecule has 13 heavy (non-hydrogen) atoms. The molecule has 0 saturated heterocycles. The molecule has 1 heterocycles. The van der Waals surface area contributed by atoms with Crippen molar-refractivity contribution >= 4 is 8.60 Å². The third-order valence-electron chi connectivity index (χ3n) is 1.51. The van der Waals surface area contributed by atoms with E-state index >= 15 is 0 Å². The maximum atomic E-state index is 5.49. The van der Waals surface area contributed by atoms with Crippen molar-refractivity contribution in [3.05, 3.63) is 12.3 Å². The first-order valence-electron chi connectivity index (χ1n) is 4.44. The lowest BCUT2D eigenvalue weighted by Crippen LogP contribution is -2.13. The van der Waals surface area contributed by atoms with Gasteiger partial charge in [0.1, 0.15) is 0 Å². The molecule has 4 heteroatoms. The summed E-state index contributed by atoms with van der Waals surface area (Å²) in [5, 5.41) is 0. The van der Waals surface area contributed by atoms with E-state index in [0.717, 1.165) is 0 Å². The molecule has 0 amide bonds. The average Bonchev–Trinajstić information content (AvgIpc) is 2.12. The number of hydrogen-bond donors (Lipinski definition) is 0. The van der Waals surface area contributed by atoms with Crippen LogP contribution in [-0.2, 0) is 13.6 Å². The van der Waals surface area contributed by atoms with E-state index in [1.807, 2.05) is 19.9 Å². The van der Waals surface area contributed by atoms with E-state index in [9.17, 15) is 0 Å². The third kappa shape index (κ3) is 4.08. The summed E-state index contributed by atoms with van der Waals surface area (Å²) in [6, 6.07) is 0. The van der Waals surface area contributed by atoms with E-state index < -0.39 is 8.60 Å². The van der Waals surface area contributed by atoms with E-state index in [1.165, 1.54) is 0 Å². The highest BCUT2D eigenvalue weighted by Crippen LogP contribution is 2.45. The van der Waals surface area contributed by atoms with Crippen LogP contribution in [0.3, 0.4) is 0 Å². The van der Waals surface area contributed by atoms with Crippen molar-refractivity contribution in [3.63, 3.8) is 0 Å². The van der Waals surface area contributed by atoms with Crippen LogP contribution in [0, 0.1) is 5.41 Å². The first-order chi connectivity index (χ1) is 5.99. The van der Waals surface area contributed by atoms with Gasteiger partial charge in [0.25, 0.3) is 0 Å². The first-order valence-corrected chi connectivity index (χ1v) is 5.53. The molecular weight excluding hydrogens is 187 g/mol. The predicted octanol–water partition coefficient (Wildman–Crippen LogP) is 3.23. The molecule has 0 aliphatic carbocycles. The summed E-state index contributed by atoms with van der Waals surface area (Å²) < 4.78 is 16.2. The summed E-state index contributed by atoms with van der Waals surface area (Å²) in [6.45, 7) is 8.77. The summed E-state index contributed by atoms with van der Waals surface area (Å²) in [5.74, 6) is 0. The minimum atomic E-state index is -1.18. The Kier molecular flexibility index (Phi) is 3.72. The van der Waals surface area contributed by atoms with Crippen LogP contribution < -0.4 is 0 Å². The second-order valence-corrected chi connectivity index (χ2v) is 5.17. The SMILES string of the molecule is CC(C)OP1OC=CC(C)(C)CO1. The molecular formula is C9H17O3P. The zero-order valence-corrected chi connectivity index (χ0v) is 9.51. The highest BCUT2D eigenvalue weighted by Gasteiger charge is 2.24. The fraction of sp³-hybridized carbons (Fsp3) is 0.778. The molecule has 0 spiro atoms. The van der Waals surface area contributed by atoms with Crippen molar-refractivity contribution in [3.8, 4) is 0 Å². The topological polar surface area (TPSA) is 27.7 Å². The lowest BCUT2D eigenvalue weighted by molar-refractivity contribution is 0.143. The monoisotopic (exact) mass is 204 g/mol. The van der Waals surface area contributed by atoms with Crippen molar-refractivity contribution < 1.29 is 13.6 Å². The highest BCUT2D eigenvalue weighted by molar-refractivity contribution is 7.41. The zero-order valence-electron chi connectivity index (χ0n) is 8.61. The fourth-order valence-corrected chi connectivity index (χ4v) is 1.90. The molecule has 0 N–H and O–H groups in total. The molecule has 76 valence electrons. The van der Waals surface area contributed by atoms with Crippen LogP contribution in [0.1, 0.15) is 27.7 Å². The van der Waals surface area contributed by atoms with Crippen LogP contribution >= 0.6 is 8.60 Å². The van der Waals surface area contributed by atoms with Gasteiger partial charge < -0.3 is 9.05 Å². The molecule has 3 nitrogen and oxygen atoms in total. The van der Waals surface area contributed by atoms with Gasteiger partial charge in [-0.3, -0.25) is 4.52 Å². The van der Waals surface area contributed by atoms with Gasteiger partial charge in [-0.15, -0.1) is 0 Å². The molecule has 1 aliphatic rings. The zero-order chi connectivity index (χ0) is 9.90. The van der Waals surface area contributed by atoms with Gasteiger partial charge in [-0.05, 0) is 19.9 Å². The molecule has 0 radical (unpaired) electrons. The third-order valence-corrected chi connectivity index (χ3v) is 2.73. The summed E-state index contributed by atoms with van der Waals surface area (Å²) in [4.78, 5) is 0. The molecule has 0 aromatic rings. The predicted molar refractivity (Wildman–Crippen MR) is 53.1 cm³/mol. The maximum absolute atomic E-state index is 5.49. The smallest absolute Gasteiger partial charge is 0.396 e. The van der Waals surface area contributed by atoms with E-state index in [0.29, 0.717) is 6.61 Å². The Morgan fingerprint density at radius 3 is 2.77 bits per heavy atom. The standard InChI is InChI=1S/C9H17O3P/c1-8(2)12-13-10-6-5-9(3,4)7-11-13/h5-6,8H,7H2,1-4H3. The van der Waals surface area contributed by atoms with Gasteiger partial charge in [0, 0.05) is 5.41 Å². The molecule has 1 atom stereocenters. The van der Waals surface area contributed by atoms with Gasteiger partial charge in [-0.2, -0.15) is 0 Å². The van der Waals surface area contributed by atoms with Gasteiger partial charge in [0.2, 0.25) is 0 Å². The van der Waals surface area contributed by atoms with Crippen LogP contribution in [0.2, 0.25) is 0 Å². The second kappa shape index (κ2) is 4.41. The van der Waals surface area contributed by atoms with Crippen LogP contribution in [0.5, 0.6) is 0 Å². The Balaban J connectivity index is 2.44. The lowest BCUT2D eigenvalue weighted by atomic mass is 9.95. The quantitative estimate of drug-likeness (QED) is 0.646. The maximum Gasteiger partial charge on any atom is 0.396 e. The molecule has 0 fully saturated rings. The van der Waals surface area contributed by atoms with Crippen LogP contribution in [0.25, 0.3) is 0 Å². The minimum Gasteiger partial charge on any atom is -0.435 e. The summed E-state index contributed by atoms with van der Waals surface area (Å²) in [7, 11) is -1.18. The second-order valence-electron chi connectivity index (χ2n) is 4.05. The highest BCUT2D eigenvalue weighted by atomic mass is 31.2. The summed E-state index contributed by atoms with van der Waals surface area (Å²) >= 11 is 0. The van der Waals surface area contributed by atoms with Crippen LogP contribution in [-0.4, -0.2) is 12.7 Å². The van der Waals surface area contributed by atoms with Crippen molar-refractivity contribution in [1.82, 2.24) is 0 Å². The van der Waals surface area contributed by atoms with Crippen molar-refractivity contribution in [2.75, 3.05) is 6.61 Å². The largest absolute Gasteiger partial charge is 0.435 e. The fourth-order valence-electron chi connectivity index (χ4n) is 0.789. The van der Waals surface area contributed by atoms with E-state index in [2.05, 4.69) is 13.8 Å². The van der Waals surface area contributed by atoms with Gasteiger partial charge in [-0.25, -0.2) is 0 Å². The molecule has 0 aromatic carbocycles. The normalized spacial score (nSPS) is 27.0. The minimum absolute atomic E-state index is 0.0391. The molecule has 1 unspecified atom stereocenters. The lowest BCUT2D eigenvalue weighted by Gasteiger charge is -2.19.